The lowest BCUT2D eigenvalue weighted by atomic mass is 10.3. The molecule has 6 nitrogen and oxygen atoms in total. The van der Waals surface area contributed by atoms with Crippen molar-refractivity contribution in [2.45, 2.75) is 12.8 Å². The Morgan fingerprint density at radius 2 is 2.25 bits per heavy atom. The zero-order chi connectivity index (χ0) is 11.5. The summed E-state index contributed by atoms with van der Waals surface area (Å²) in [4.78, 5) is 13.5. The van der Waals surface area contributed by atoms with Crippen LogP contribution in [0, 0.1) is 11.3 Å². The molecule has 16 heavy (non-hydrogen) atoms. The van der Waals surface area contributed by atoms with Gasteiger partial charge in [-0.2, -0.15) is 10.4 Å². The molecule has 1 aromatic heterocycles. The number of aromatic nitrogens is 2. The average Bonchev–Trinajstić information content (AvgIpc) is 2.87. The van der Waals surface area contributed by atoms with Crippen LogP contribution in [0.3, 0.4) is 0 Å². The van der Waals surface area contributed by atoms with Crippen molar-refractivity contribution in [2.24, 2.45) is 7.05 Å². The quantitative estimate of drug-likeness (QED) is 0.763. The number of nitrogens with zero attached hydrogens (tertiary/aromatic N) is 4. The van der Waals surface area contributed by atoms with Crippen LogP contribution in [0.15, 0.2) is 6.20 Å². The van der Waals surface area contributed by atoms with E-state index in [2.05, 4.69) is 10.4 Å². The van der Waals surface area contributed by atoms with Crippen LogP contribution in [0.25, 0.3) is 0 Å². The first-order valence-electron chi connectivity index (χ1n) is 5.20. The molecule has 2 rings (SSSR count). The van der Waals surface area contributed by atoms with Crippen LogP contribution in [0.2, 0.25) is 0 Å². The number of urea groups is 1. The van der Waals surface area contributed by atoms with Crippen LogP contribution in [0.1, 0.15) is 18.4 Å². The third kappa shape index (κ3) is 1.98. The first-order chi connectivity index (χ1) is 7.70. The van der Waals surface area contributed by atoms with E-state index in [4.69, 9.17) is 5.26 Å². The molecule has 0 bridgehead atoms. The van der Waals surface area contributed by atoms with Crippen LogP contribution in [-0.2, 0) is 7.05 Å². The Morgan fingerprint density at radius 3 is 2.88 bits per heavy atom. The van der Waals surface area contributed by atoms with Crippen molar-refractivity contribution >= 4 is 11.8 Å². The zero-order valence-corrected chi connectivity index (χ0v) is 9.10. The fraction of sp³-hybridized carbons (Fsp3) is 0.500. The number of aryl methyl sites for hydroxylation is 1. The molecule has 0 atom stereocenters. The van der Waals surface area contributed by atoms with Gasteiger partial charge in [0, 0.05) is 26.3 Å². The molecule has 1 fully saturated rings. The largest absolute Gasteiger partial charge is 0.324 e. The van der Waals surface area contributed by atoms with E-state index >= 15 is 0 Å². The molecular weight excluding hydrogens is 206 g/mol. The molecule has 0 unspecified atom stereocenters. The SMILES string of the molecule is Cn1cc(C#N)c(NC(=O)N2CCCC2)n1. The van der Waals surface area contributed by atoms with Crippen LogP contribution < -0.4 is 5.32 Å². The molecule has 0 aliphatic carbocycles. The highest BCUT2D eigenvalue weighted by atomic mass is 16.2. The molecule has 1 N–H and O–H groups in total. The van der Waals surface area contributed by atoms with E-state index < -0.39 is 0 Å². The Balaban J connectivity index is 2.08. The number of hydrogen-bond acceptors (Lipinski definition) is 3. The molecule has 0 aromatic carbocycles. The van der Waals surface area contributed by atoms with E-state index in [9.17, 15) is 4.79 Å². The molecule has 1 aromatic rings. The van der Waals surface area contributed by atoms with Crippen LogP contribution >= 0.6 is 0 Å². The summed E-state index contributed by atoms with van der Waals surface area (Å²) < 4.78 is 1.51. The first-order valence-corrected chi connectivity index (χ1v) is 5.20. The summed E-state index contributed by atoms with van der Waals surface area (Å²) >= 11 is 0. The molecule has 1 saturated heterocycles. The van der Waals surface area contributed by atoms with Gasteiger partial charge in [-0.25, -0.2) is 4.79 Å². The monoisotopic (exact) mass is 219 g/mol. The number of rotatable bonds is 1. The van der Waals surface area contributed by atoms with Gasteiger partial charge >= 0.3 is 6.03 Å². The summed E-state index contributed by atoms with van der Waals surface area (Å²) in [5, 5.41) is 15.5. The topological polar surface area (TPSA) is 74.0 Å². The summed E-state index contributed by atoms with van der Waals surface area (Å²) in [7, 11) is 1.71. The van der Waals surface area contributed by atoms with Gasteiger partial charge in [-0.05, 0) is 12.8 Å². The Bertz CT molecular complexity index is 439. The fourth-order valence-corrected chi connectivity index (χ4v) is 1.76. The van der Waals surface area contributed by atoms with Gasteiger partial charge in [0.1, 0.15) is 11.6 Å². The number of carbonyl (C=O) groups excluding carboxylic acids is 1. The van der Waals surface area contributed by atoms with Crippen molar-refractivity contribution in [3.63, 3.8) is 0 Å². The van der Waals surface area contributed by atoms with Crippen molar-refractivity contribution < 1.29 is 4.79 Å². The highest BCUT2D eigenvalue weighted by Crippen LogP contribution is 2.14. The maximum atomic E-state index is 11.7. The minimum absolute atomic E-state index is 0.173. The van der Waals surface area contributed by atoms with Gasteiger partial charge in [0.05, 0.1) is 0 Å². The van der Waals surface area contributed by atoms with Gasteiger partial charge in [-0.1, -0.05) is 0 Å². The zero-order valence-electron chi connectivity index (χ0n) is 9.10. The van der Waals surface area contributed by atoms with Gasteiger partial charge < -0.3 is 4.90 Å². The highest BCUT2D eigenvalue weighted by molar-refractivity contribution is 5.89. The second-order valence-electron chi connectivity index (χ2n) is 3.80. The van der Waals surface area contributed by atoms with Crippen LogP contribution in [-0.4, -0.2) is 33.8 Å². The molecule has 2 heterocycles. The fourth-order valence-electron chi connectivity index (χ4n) is 1.76. The lowest BCUT2D eigenvalue weighted by Crippen LogP contribution is -2.32. The number of carbonyl (C=O) groups is 1. The summed E-state index contributed by atoms with van der Waals surface area (Å²) in [5.74, 6) is 0.335. The van der Waals surface area contributed by atoms with Crippen molar-refractivity contribution in [1.29, 1.82) is 5.26 Å². The molecule has 0 radical (unpaired) electrons. The number of anilines is 1. The Hall–Kier alpha value is -2.03. The van der Waals surface area contributed by atoms with E-state index in [0.717, 1.165) is 25.9 Å². The van der Waals surface area contributed by atoms with Crippen molar-refractivity contribution in [2.75, 3.05) is 18.4 Å². The minimum Gasteiger partial charge on any atom is -0.324 e. The summed E-state index contributed by atoms with van der Waals surface area (Å²) in [6.07, 6.45) is 3.67. The molecular formula is C10H13N5O. The summed E-state index contributed by atoms with van der Waals surface area (Å²) in [5.41, 5.74) is 0.384. The maximum absolute atomic E-state index is 11.7. The average molecular weight is 219 g/mol. The van der Waals surface area contributed by atoms with Crippen LogP contribution in [0.4, 0.5) is 10.6 Å². The first kappa shape index (κ1) is 10.5. The van der Waals surface area contributed by atoms with Gasteiger partial charge in [0.2, 0.25) is 0 Å². The van der Waals surface area contributed by atoms with E-state index in [1.807, 2.05) is 6.07 Å². The van der Waals surface area contributed by atoms with Gasteiger partial charge in [0.25, 0.3) is 0 Å². The molecule has 1 aliphatic rings. The molecule has 6 heteroatoms. The molecule has 2 amide bonds. The molecule has 0 spiro atoms. The molecule has 1 aliphatic heterocycles. The lowest BCUT2D eigenvalue weighted by Gasteiger charge is -2.14. The molecule has 0 saturated carbocycles. The third-order valence-electron chi connectivity index (χ3n) is 2.57. The number of nitrogens with one attached hydrogen (secondary N) is 1. The maximum Gasteiger partial charge on any atom is 0.323 e. The third-order valence-corrected chi connectivity index (χ3v) is 2.57. The Labute approximate surface area is 93.5 Å². The number of amides is 2. The van der Waals surface area contributed by atoms with Gasteiger partial charge in [0.15, 0.2) is 5.82 Å². The van der Waals surface area contributed by atoms with E-state index in [0.29, 0.717) is 11.4 Å². The van der Waals surface area contributed by atoms with Crippen LogP contribution in [0.5, 0.6) is 0 Å². The number of likely N-dealkylation sites (tertiary alicyclic amines) is 1. The number of nitriles is 1. The summed E-state index contributed by atoms with van der Waals surface area (Å²) in [6, 6.07) is 1.82. The smallest absolute Gasteiger partial charge is 0.323 e. The van der Waals surface area contributed by atoms with Crippen molar-refractivity contribution in [3.05, 3.63) is 11.8 Å². The van der Waals surface area contributed by atoms with Gasteiger partial charge in [-0.15, -0.1) is 0 Å². The number of hydrogen-bond donors (Lipinski definition) is 1. The van der Waals surface area contributed by atoms with E-state index in [1.165, 1.54) is 4.68 Å². The molecule has 84 valence electrons. The van der Waals surface area contributed by atoms with Crippen molar-refractivity contribution in [1.82, 2.24) is 14.7 Å². The van der Waals surface area contributed by atoms with Gasteiger partial charge in [-0.3, -0.25) is 10.00 Å². The van der Waals surface area contributed by atoms with E-state index in [1.54, 1.807) is 18.1 Å². The second-order valence-corrected chi connectivity index (χ2v) is 3.80. The van der Waals surface area contributed by atoms with Crippen molar-refractivity contribution in [3.8, 4) is 6.07 Å². The Kier molecular flexibility index (Phi) is 2.77. The summed E-state index contributed by atoms with van der Waals surface area (Å²) in [6.45, 7) is 1.56. The van der Waals surface area contributed by atoms with E-state index in [-0.39, 0.29) is 6.03 Å². The highest BCUT2D eigenvalue weighted by Gasteiger charge is 2.19. The second kappa shape index (κ2) is 4.23. The normalized spacial score (nSPS) is 14.9. The Morgan fingerprint density at radius 1 is 1.56 bits per heavy atom. The predicted octanol–water partition coefficient (Wildman–Crippen LogP) is 0.919. The predicted molar refractivity (Wildman–Crippen MR) is 57.7 cm³/mol. The standard InChI is InChI=1S/C10H13N5O/c1-14-7-8(6-11)9(13-14)12-10(16)15-4-2-3-5-15/h7H,2-5H2,1H3,(H,12,13,16). The lowest BCUT2D eigenvalue weighted by molar-refractivity contribution is 0.222. The minimum atomic E-state index is -0.173.